The van der Waals surface area contributed by atoms with E-state index < -0.39 is 5.91 Å². The number of primary amides is 1. The fourth-order valence-corrected chi connectivity index (χ4v) is 0.989. The quantitative estimate of drug-likeness (QED) is 0.572. The van der Waals surface area contributed by atoms with Crippen molar-refractivity contribution in [1.82, 2.24) is 5.32 Å². The van der Waals surface area contributed by atoms with Gasteiger partial charge in [0.1, 0.15) is 0 Å². The van der Waals surface area contributed by atoms with Crippen molar-refractivity contribution < 1.29 is 9.59 Å². The van der Waals surface area contributed by atoms with Gasteiger partial charge in [-0.05, 0) is 12.8 Å². The fraction of sp³-hybridized carbons (Fsp3) is 0.714. The van der Waals surface area contributed by atoms with E-state index in [1.165, 1.54) is 0 Å². The molecule has 62 valence electrons. The molecule has 0 aromatic carbocycles. The number of hydrogen-bond donors (Lipinski definition) is 2. The van der Waals surface area contributed by atoms with Gasteiger partial charge < -0.3 is 11.1 Å². The van der Waals surface area contributed by atoms with Gasteiger partial charge in [-0.25, -0.2) is 0 Å². The molecule has 4 nitrogen and oxygen atoms in total. The fourth-order valence-electron chi connectivity index (χ4n) is 0.989. The number of rotatable bonds is 3. The van der Waals surface area contributed by atoms with Gasteiger partial charge >= 0.3 is 0 Å². The molecular formula is C7H12N2O2. The van der Waals surface area contributed by atoms with Gasteiger partial charge in [-0.15, -0.1) is 0 Å². The Morgan fingerprint density at radius 3 is 2.45 bits per heavy atom. The van der Waals surface area contributed by atoms with Crippen LogP contribution in [0.5, 0.6) is 0 Å². The largest absolute Gasteiger partial charge is 0.368 e. The summed E-state index contributed by atoms with van der Waals surface area (Å²) in [5, 5.41) is 2.47. The lowest BCUT2D eigenvalue weighted by molar-refractivity contribution is -0.129. The Bertz CT molecular complexity index is 175. The Morgan fingerprint density at radius 2 is 2.09 bits per heavy atom. The molecule has 0 saturated heterocycles. The normalized spacial score (nSPS) is 17.1. The summed E-state index contributed by atoms with van der Waals surface area (Å²) in [5.74, 6) is -0.387. The second-order valence-corrected chi connectivity index (χ2v) is 2.81. The van der Waals surface area contributed by atoms with E-state index in [0.29, 0.717) is 0 Å². The Balaban J connectivity index is 2.15. The van der Waals surface area contributed by atoms with E-state index in [-0.39, 0.29) is 18.4 Å². The van der Waals surface area contributed by atoms with Crippen molar-refractivity contribution >= 4 is 11.8 Å². The summed E-state index contributed by atoms with van der Waals surface area (Å²) in [6.45, 7) is -0.0324. The zero-order valence-electron chi connectivity index (χ0n) is 6.30. The van der Waals surface area contributed by atoms with Gasteiger partial charge in [0.15, 0.2) is 0 Å². The Labute approximate surface area is 65.1 Å². The van der Waals surface area contributed by atoms with Gasteiger partial charge in [0.25, 0.3) is 0 Å². The van der Waals surface area contributed by atoms with Crippen molar-refractivity contribution in [1.29, 1.82) is 0 Å². The first-order valence-corrected chi connectivity index (χ1v) is 3.76. The maximum Gasteiger partial charge on any atom is 0.236 e. The van der Waals surface area contributed by atoms with Gasteiger partial charge in [-0.2, -0.15) is 0 Å². The van der Waals surface area contributed by atoms with Crippen LogP contribution >= 0.6 is 0 Å². The average molecular weight is 156 g/mol. The van der Waals surface area contributed by atoms with E-state index in [4.69, 9.17) is 5.73 Å². The average Bonchev–Trinajstić information content (AvgIpc) is 1.79. The maximum absolute atomic E-state index is 11.0. The first-order chi connectivity index (χ1) is 5.20. The monoisotopic (exact) mass is 156 g/mol. The molecule has 0 aromatic rings. The topological polar surface area (TPSA) is 72.2 Å². The molecule has 1 aliphatic carbocycles. The standard InChI is InChI=1S/C7H12N2O2/c8-6(10)4-9-7(11)5-2-1-3-5/h5H,1-4H2,(H2,8,10)(H,9,11). The highest BCUT2D eigenvalue weighted by molar-refractivity contribution is 5.85. The van der Waals surface area contributed by atoms with Crippen molar-refractivity contribution in [2.45, 2.75) is 19.3 Å². The third kappa shape index (κ3) is 2.22. The van der Waals surface area contributed by atoms with Crippen LogP contribution in [0.4, 0.5) is 0 Å². The number of carbonyl (C=O) groups excluding carboxylic acids is 2. The molecule has 11 heavy (non-hydrogen) atoms. The van der Waals surface area contributed by atoms with Crippen LogP contribution in [0.2, 0.25) is 0 Å². The highest BCUT2D eigenvalue weighted by atomic mass is 16.2. The van der Waals surface area contributed by atoms with Gasteiger partial charge in [-0.1, -0.05) is 6.42 Å². The maximum atomic E-state index is 11.0. The molecule has 0 spiro atoms. The molecule has 4 heteroatoms. The summed E-state index contributed by atoms with van der Waals surface area (Å²) in [6, 6.07) is 0. The van der Waals surface area contributed by atoms with Crippen molar-refractivity contribution in [2.75, 3.05) is 6.54 Å². The van der Waals surface area contributed by atoms with Crippen LogP contribution in [-0.2, 0) is 9.59 Å². The lowest BCUT2D eigenvalue weighted by Crippen LogP contribution is -2.39. The van der Waals surface area contributed by atoms with E-state index in [1.807, 2.05) is 0 Å². The van der Waals surface area contributed by atoms with Crippen molar-refractivity contribution in [2.24, 2.45) is 11.7 Å². The third-order valence-corrected chi connectivity index (χ3v) is 1.91. The molecule has 2 amide bonds. The lowest BCUT2D eigenvalue weighted by atomic mass is 9.85. The van der Waals surface area contributed by atoms with Crippen LogP contribution in [0, 0.1) is 5.92 Å². The summed E-state index contributed by atoms with van der Waals surface area (Å²) in [5.41, 5.74) is 4.85. The predicted octanol–water partition coefficient (Wildman–Crippen LogP) is -0.612. The number of hydrogen-bond acceptors (Lipinski definition) is 2. The third-order valence-electron chi connectivity index (χ3n) is 1.91. The Kier molecular flexibility index (Phi) is 2.46. The summed E-state index contributed by atoms with van der Waals surface area (Å²) in [4.78, 5) is 21.3. The van der Waals surface area contributed by atoms with Crippen LogP contribution in [0.25, 0.3) is 0 Å². The number of nitrogens with one attached hydrogen (secondary N) is 1. The zero-order chi connectivity index (χ0) is 8.27. The molecule has 1 aliphatic rings. The molecule has 1 saturated carbocycles. The SMILES string of the molecule is NC(=O)CNC(=O)C1CCC1. The molecule has 0 bridgehead atoms. The molecule has 0 radical (unpaired) electrons. The van der Waals surface area contributed by atoms with Crippen molar-refractivity contribution in [3.8, 4) is 0 Å². The zero-order valence-corrected chi connectivity index (χ0v) is 6.30. The van der Waals surface area contributed by atoms with E-state index in [2.05, 4.69) is 5.32 Å². The molecule has 3 N–H and O–H groups in total. The molecule has 1 rings (SSSR count). The first kappa shape index (κ1) is 8.04. The second-order valence-electron chi connectivity index (χ2n) is 2.81. The number of nitrogens with two attached hydrogens (primary N) is 1. The van der Waals surface area contributed by atoms with E-state index in [0.717, 1.165) is 19.3 Å². The van der Waals surface area contributed by atoms with E-state index in [9.17, 15) is 9.59 Å². The van der Waals surface area contributed by atoms with E-state index >= 15 is 0 Å². The smallest absolute Gasteiger partial charge is 0.236 e. The molecule has 1 fully saturated rings. The Morgan fingerprint density at radius 1 is 1.45 bits per heavy atom. The molecule has 0 heterocycles. The summed E-state index contributed by atoms with van der Waals surface area (Å²) in [7, 11) is 0. The minimum Gasteiger partial charge on any atom is -0.368 e. The molecular weight excluding hydrogens is 144 g/mol. The molecule has 0 aliphatic heterocycles. The highest BCUT2D eigenvalue weighted by Crippen LogP contribution is 2.25. The van der Waals surface area contributed by atoms with Gasteiger partial charge in [0.05, 0.1) is 6.54 Å². The lowest BCUT2D eigenvalue weighted by Gasteiger charge is -2.23. The second kappa shape index (κ2) is 3.37. The van der Waals surface area contributed by atoms with Crippen LogP contribution in [0.3, 0.4) is 0 Å². The van der Waals surface area contributed by atoms with Gasteiger partial charge in [0.2, 0.25) is 11.8 Å². The van der Waals surface area contributed by atoms with Crippen LogP contribution in [0.15, 0.2) is 0 Å². The van der Waals surface area contributed by atoms with Gasteiger partial charge in [-0.3, -0.25) is 9.59 Å². The molecule has 0 aromatic heterocycles. The molecule has 0 unspecified atom stereocenters. The van der Waals surface area contributed by atoms with Crippen molar-refractivity contribution in [3.63, 3.8) is 0 Å². The van der Waals surface area contributed by atoms with Crippen LogP contribution < -0.4 is 11.1 Å². The predicted molar refractivity (Wildman–Crippen MR) is 39.5 cm³/mol. The number of amides is 2. The molecule has 0 atom stereocenters. The first-order valence-electron chi connectivity index (χ1n) is 3.76. The Hall–Kier alpha value is -1.06. The van der Waals surface area contributed by atoms with Crippen molar-refractivity contribution in [3.05, 3.63) is 0 Å². The minimum absolute atomic E-state index is 0.0324. The van der Waals surface area contributed by atoms with E-state index in [1.54, 1.807) is 0 Å². The van der Waals surface area contributed by atoms with Gasteiger partial charge in [0, 0.05) is 5.92 Å². The summed E-state index contributed by atoms with van der Waals surface area (Å²) < 4.78 is 0. The van der Waals surface area contributed by atoms with Crippen LogP contribution in [0.1, 0.15) is 19.3 Å². The van der Waals surface area contributed by atoms with Crippen LogP contribution in [-0.4, -0.2) is 18.4 Å². The minimum atomic E-state index is -0.488. The summed E-state index contributed by atoms with van der Waals surface area (Å²) in [6.07, 6.45) is 3.02. The summed E-state index contributed by atoms with van der Waals surface area (Å²) >= 11 is 0. The number of carbonyl (C=O) groups is 2. The highest BCUT2D eigenvalue weighted by Gasteiger charge is 2.24.